The lowest BCUT2D eigenvalue weighted by Gasteiger charge is -2.36. The van der Waals surface area contributed by atoms with Crippen molar-refractivity contribution in [2.45, 2.75) is 57.9 Å². The van der Waals surface area contributed by atoms with Crippen LogP contribution in [0.5, 0.6) is 0 Å². The van der Waals surface area contributed by atoms with Crippen molar-refractivity contribution in [3.8, 4) is 0 Å². The Hall–Kier alpha value is -0.0400. The third-order valence-corrected chi connectivity index (χ3v) is 4.04. The minimum absolute atomic E-state index is 0.520. The minimum atomic E-state index is 0.520. The first kappa shape index (κ1) is 8.55. The van der Waals surface area contributed by atoms with Crippen molar-refractivity contribution in [2.24, 2.45) is 17.1 Å². The Balaban J connectivity index is 1.95. The largest absolute Gasteiger partial charge is 0.328 e. The lowest BCUT2D eigenvalue weighted by Crippen LogP contribution is -2.32. The van der Waals surface area contributed by atoms with Gasteiger partial charge >= 0.3 is 0 Å². The van der Waals surface area contributed by atoms with Gasteiger partial charge in [-0.25, -0.2) is 0 Å². The molecule has 70 valence electrons. The molecule has 12 heavy (non-hydrogen) atoms. The summed E-state index contributed by atoms with van der Waals surface area (Å²) in [5, 5.41) is 0. The van der Waals surface area contributed by atoms with Gasteiger partial charge in [0.15, 0.2) is 0 Å². The summed E-state index contributed by atoms with van der Waals surface area (Å²) in [6, 6.07) is 0.520. The van der Waals surface area contributed by atoms with Gasteiger partial charge in [0.05, 0.1) is 0 Å². The molecule has 1 spiro atoms. The van der Waals surface area contributed by atoms with Gasteiger partial charge in [-0.1, -0.05) is 13.3 Å². The molecule has 0 amide bonds. The third kappa shape index (κ3) is 1.52. The summed E-state index contributed by atoms with van der Waals surface area (Å²) in [6.45, 7) is 2.41. The van der Waals surface area contributed by atoms with E-state index < -0.39 is 0 Å². The smallest absolute Gasteiger partial charge is 0.00392 e. The summed E-state index contributed by atoms with van der Waals surface area (Å²) in [5.41, 5.74) is 6.67. The van der Waals surface area contributed by atoms with Crippen molar-refractivity contribution < 1.29 is 0 Å². The van der Waals surface area contributed by atoms with Crippen LogP contribution in [0.15, 0.2) is 0 Å². The summed E-state index contributed by atoms with van der Waals surface area (Å²) in [7, 11) is 0. The van der Waals surface area contributed by atoms with Crippen molar-refractivity contribution in [1.82, 2.24) is 0 Å². The zero-order valence-electron chi connectivity index (χ0n) is 8.18. The van der Waals surface area contributed by atoms with Gasteiger partial charge in [-0.15, -0.1) is 0 Å². The molecule has 1 unspecified atom stereocenters. The van der Waals surface area contributed by atoms with Crippen LogP contribution in [0.25, 0.3) is 0 Å². The van der Waals surface area contributed by atoms with Crippen molar-refractivity contribution in [2.75, 3.05) is 0 Å². The predicted molar refractivity (Wildman–Crippen MR) is 51.9 cm³/mol. The Morgan fingerprint density at radius 2 is 1.67 bits per heavy atom. The first-order valence-corrected chi connectivity index (χ1v) is 5.46. The van der Waals surface area contributed by atoms with Crippen LogP contribution >= 0.6 is 0 Å². The maximum atomic E-state index is 5.92. The molecular formula is C11H21N. The molecule has 0 saturated heterocycles. The molecule has 2 saturated carbocycles. The van der Waals surface area contributed by atoms with Crippen LogP contribution in [-0.4, -0.2) is 6.04 Å². The molecule has 1 nitrogen and oxygen atoms in total. The molecule has 0 radical (unpaired) electrons. The molecule has 0 aromatic heterocycles. The Morgan fingerprint density at radius 1 is 1.08 bits per heavy atom. The molecule has 0 bridgehead atoms. The summed E-state index contributed by atoms with van der Waals surface area (Å²) >= 11 is 0. The average Bonchev–Trinajstić information content (AvgIpc) is 2.40. The first-order valence-electron chi connectivity index (χ1n) is 5.46. The number of hydrogen-bond acceptors (Lipinski definition) is 1. The number of rotatable bonds is 0. The van der Waals surface area contributed by atoms with E-state index in [2.05, 4.69) is 6.92 Å². The zero-order valence-corrected chi connectivity index (χ0v) is 8.18. The quantitative estimate of drug-likeness (QED) is 0.590. The topological polar surface area (TPSA) is 26.0 Å². The summed E-state index contributed by atoms with van der Waals surface area (Å²) < 4.78 is 0. The molecule has 0 aromatic carbocycles. The van der Waals surface area contributed by atoms with Crippen LogP contribution < -0.4 is 5.73 Å². The van der Waals surface area contributed by atoms with Gasteiger partial charge < -0.3 is 5.73 Å². The fraction of sp³-hybridized carbons (Fsp3) is 1.00. The lowest BCUT2D eigenvalue weighted by molar-refractivity contribution is 0.177. The molecule has 2 rings (SSSR count). The molecule has 2 aliphatic carbocycles. The average molecular weight is 167 g/mol. The highest BCUT2D eigenvalue weighted by molar-refractivity contribution is 4.92. The molecular weight excluding hydrogens is 146 g/mol. The summed E-state index contributed by atoms with van der Waals surface area (Å²) in [6.07, 6.45) is 9.84. The lowest BCUT2D eigenvalue weighted by atomic mass is 9.71. The van der Waals surface area contributed by atoms with E-state index >= 15 is 0 Å². The second-order valence-electron chi connectivity index (χ2n) is 5.19. The van der Waals surface area contributed by atoms with Gasteiger partial charge in [-0.2, -0.15) is 0 Å². The normalized spacial score (nSPS) is 48.5. The van der Waals surface area contributed by atoms with Crippen molar-refractivity contribution in [3.05, 3.63) is 0 Å². The van der Waals surface area contributed by atoms with Gasteiger partial charge in [0.2, 0.25) is 0 Å². The van der Waals surface area contributed by atoms with E-state index in [0.29, 0.717) is 6.04 Å². The zero-order chi connectivity index (χ0) is 8.60. The highest BCUT2D eigenvalue weighted by Gasteiger charge is 2.39. The van der Waals surface area contributed by atoms with Gasteiger partial charge in [-0.3, -0.25) is 0 Å². The van der Waals surface area contributed by atoms with E-state index in [0.717, 1.165) is 11.3 Å². The molecule has 1 heteroatoms. The Kier molecular flexibility index (Phi) is 2.16. The SMILES string of the molecule is CC1CCC2(CCC(N)CC2)C1. The van der Waals surface area contributed by atoms with E-state index in [1.807, 2.05) is 0 Å². The second-order valence-corrected chi connectivity index (χ2v) is 5.19. The molecule has 1 atom stereocenters. The highest BCUT2D eigenvalue weighted by atomic mass is 14.6. The molecule has 0 aliphatic heterocycles. The van der Waals surface area contributed by atoms with Crippen LogP contribution in [-0.2, 0) is 0 Å². The van der Waals surface area contributed by atoms with Crippen molar-refractivity contribution >= 4 is 0 Å². The standard InChI is InChI=1S/C11H21N/c1-9-2-5-11(8-9)6-3-10(12)4-7-11/h9-10H,2-8,12H2,1H3. The van der Waals surface area contributed by atoms with Gasteiger partial charge in [0, 0.05) is 6.04 Å². The van der Waals surface area contributed by atoms with Gasteiger partial charge in [0.1, 0.15) is 0 Å². The summed E-state index contributed by atoms with van der Waals surface area (Å²) in [4.78, 5) is 0. The van der Waals surface area contributed by atoms with Gasteiger partial charge in [-0.05, 0) is 49.9 Å². The Morgan fingerprint density at radius 3 is 2.17 bits per heavy atom. The molecule has 2 aliphatic rings. The van der Waals surface area contributed by atoms with E-state index in [4.69, 9.17) is 5.73 Å². The highest BCUT2D eigenvalue weighted by Crippen LogP contribution is 2.50. The number of nitrogens with two attached hydrogens (primary N) is 1. The Labute approximate surface area is 75.7 Å². The minimum Gasteiger partial charge on any atom is -0.328 e. The van der Waals surface area contributed by atoms with E-state index in [1.165, 1.54) is 44.9 Å². The van der Waals surface area contributed by atoms with Crippen LogP contribution in [0.1, 0.15) is 51.9 Å². The molecule has 2 N–H and O–H groups in total. The molecule has 2 fully saturated rings. The monoisotopic (exact) mass is 167 g/mol. The van der Waals surface area contributed by atoms with Crippen molar-refractivity contribution in [3.63, 3.8) is 0 Å². The van der Waals surface area contributed by atoms with Crippen LogP contribution in [0, 0.1) is 11.3 Å². The van der Waals surface area contributed by atoms with E-state index in [9.17, 15) is 0 Å². The van der Waals surface area contributed by atoms with Crippen LogP contribution in [0.3, 0.4) is 0 Å². The van der Waals surface area contributed by atoms with E-state index in [1.54, 1.807) is 0 Å². The first-order chi connectivity index (χ1) is 5.70. The molecule has 0 heterocycles. The van der Waals surface area contributed by atoms with Crippen LogP contribution in [0.2, 0.25) is 0 Å². The maximum absolute atomic E-state index is 5.92. The second kappa shape index (κ2) is 3.02. The summed E-state index contributed by atoms with van der Waals surface area (Å²) in [5.74, 6) is 0.985. The van der Waals surface area contributed by atoms with Gasteiger partial charge in [0.25, 0.3) is 0 Å². The third-order valence-electron chi connectivity index (χ3n) is 4.04. The Bertz CT molecular complexity index is 156. The fourth-order valence-electron chi connectivity index (χ4n) is 3.20. The fourth-order valence-corrected chi connectivity index (χ4v) is 3.20. The number of hydrogen-bond donors (Lipinski definition) is 1. The molecule has 0 aromatic rings. The van der Waals surface area contributed by atoms with Crippen LogP contribution in [0.4, 0.5) is 0 Å². The predicted octanol–water partition coefficient (Wildman–Crippen LogP) is 2.69. The maximum Gasteiger partial charge on any atom is 0.00392 e. The van der Waals surface area contributed by atoms with Crippen molar-refractivity contribution in [1.29, 1.82) is 0 Å². The van der Waals surface area contributed by atoms with E-state index in [-0.39, 0.29) is 0 Å².